The number of rotatable bonds is 6. The molecule has 1 aliphatic heterocycles. The van der Waals surface area contributed by atoms with Gasteiger partial charge in [0.15, 0.2) is 6.61 Å². The number of amides is 1. The normalized spacial score (nSPS) is 23.2. The van der Waals surface area contributed by atoms with Crippen molar-refractivity contribution in [3.8, 4) is 0 Å². The molecule has 0 radical (unpaired) electrons. The van der Waals surface area contributed by atoms with Crippen LogP contribution in [0.15, 0.2) is 0 Å². The van der Waals surface area contributed by atoms with Crippen molar-refractivity contribution in [1.82, 2.24) is 4.31 Å². The van der Waals surface area contributed by atoms with Crippen LogP contribution in [0.3, 0.4) is 0 Å². The van der Waals surface area contributed by atoms with Gasteiger partial charge in [0.05, 0.1) is 6.04 Å². The van der Waals surface area contributed by atoms with Gasteiger partial charge < -0.3 is 15.6 Å². The lowest BCUT2D eigenvalue weighted by Crippen LogP contribution is -2.66. The largest absolute Gasteiger partial charge is 0.479 e. The molecule has 0 saturated carbocycles. The molecular formula is C8H11ClN2O5S. The number of nitrogens with two attached hydrogens (primary N) is 1. The van der Waals surface area contributed by atoms with Crippen LogP contribution in [0.2, 0.25) is 0 Å². The molecule has 17 heavy (non-hydrogen) atoms. The highest BCUT2D eigenvalue weighted by atomic mass is 35.5. The monoisotopic (exact) mass is 282 g/mol. The Morgan fingerprint density at radius 3 is 2.76 bits per heavy atom. The number of β-lactam (4-membered cyclic amide) rings is 1. The molecule has 1 rings (SSSR count). The van der Waals surface area contributed by atoms with Gasteiger partial charge in [-0.2, -0.15) is 0 Å². The number of halogens is 1. The minimum absolute atomic E-state index is 0.154. The highest BCUT2D eigenvalue weighted by Gasteiger charge is 2.45. The third-order valence-electron chi connectivity index (χ3n) is 2.05. The van der Waals surface area contributed by atoms with Crippen LogP contribution in [-0.2, 0) is 19.1 Å². The quantitative estimate of drug-likeness (QED) is 0.279. The van der Waals surface area contributed by atoms with Gasteiger partial charge in [-0.25, -0.2) is 4.79 Å². The highest BCUT2D eigenvalue weighted by molar-refractivity contribution is 7.98. The van der Waals surface area contributed by atoms with Crippen LogP contribution < -0.4 is 5.73 Å². The summed E-state index contributed by atoms with van der Waals surface area (Å²) in [6, 6.07) is -0.934. The molecule has 2 atom stereocenters. The maximum absolute atomic E-state index is 11.3. The van der Waals surface area contributed by atoms with E-state index in [1.807, 2.05) is 0 Å². The number of carboxylic acids is 1. The van der Waals surface area contributed by atoms with Gasteiger partial charge in [0, 0.05) is 5.88 Å². The molecular weight excluding hydrogens is 272 g/mol. The molecule has 1 aliphatic rings. The van der Waals surface area contributed by atoms with Crippen LogP contribution in [-0.4, -0.2) is 57.6 Å². The molecule has 3 N–H and O–H groups in total. The van der Waals surface area contributed by atoms with Crippen LogP contribution >= 0.6 is 23.5 Å². The van der Waals surface area contributed by atoms with Gasteiger partial charge in [-0.15, -0.1) is 11.6 Å². The van der Waals surface area contributed by atoms with Crippen LogP contribution in [0.5, 0.6) is 0 Å². The Bertz CT molecular complexity index is 340. The van der Waals surface area contributed by atoms with Gasteiger partial charge in [0.25, 0.3) is 5.91 Å². The summed E-state index contributed by atoms with van der Waals surface area (Å²) in [6.45, 7) is -0.689. The van der Waals surface area contributed by atoms with Crippen molar-refractivity contribution >= 4 is 41.4 Å². The fourth-order valence-corrected chi connectivity index (χ4v) is 2.55. The smallest absolute Gasteiger partial charge is 0.341 e. The SMILES string of the molecule is NC1C(=O)N(SCC(=O)OCC(=O)O)C1CCl. The highest BCUT2D eigenvalue weighted by Crippen LogP contribution is 2.27. The number of hydrogen-bond acceptors (Lipinski definition) is 6. The summed E-state index contributed by atoms with van der Waals surface area (Å²) in [5, 5.41) is 8.27. The molecule has 0 aromatic heterocycles. The molecule has 1 amide bonds. The molecule has 0 bridgehead atoms. The summed E-state index contributed by atoms with van der Waals surface area (Å²) in [7, 11) is 0. The Morgan fingerprint density at radius 2 is 2.24 bits per heavy atom. The number of alkyl halides is 1. The Labute approximate surface area is 106 Å². The maximum Gasteiger partial charge on any atom is 0.341 e. The molecule has 1 saturated heterocycles. The van der Waals surface area contributed by atoms with Crippen molar-refractivity contribution in [3.63, 3.8) is 0 Å². The van der Waals surface area contributed by atoms with E-state index >= 15 is 0 Å². The molecule has 0 aromatic carbocycles. The first kappa shape index (κ1) is 14.1. The minimum Gasteiger partial charge on any atom is -0.479 e. The molecule has 2 unspecified atom stereocenters. The first-order valence-corrected chi connectivity index (χ1v) is 6.10. The van der Waals surface area contributed by atoms with Crippen molar-refractivity contribution < 1.29 is 24.2 Å². The summed E-state index contributed by atoms with van der Waals surface area (Å²) in [4.78, 5) is 32.5. The fourth-order valence-electron chi connectivity index (χ4n) is 1.16. The third-order valence-corrected chi connectivity index (χ3v) is 3.46. The van der Waals surface area contributed by atoms with Crippen molar-refractivity contribution in [3.05, 3.63) is 0 Å². The lowest BCUT2D eigenvalue weighted by atomic mass is 10.0. The topological polar surface area (TPSA) is 110 Å². The van der Waals surface area contributed by atoms with E-state index in [2.05, 4.69) is 4.74 Å². The molecule has 96 valence electrons. The number of nitrogens with zero attached hydrogens (tertiary/aromatic N) is 1. The zero-order chi connectivity index (χ0) is 13.0. The number of aliphatic carboxylic acids is 1. The summed E-state index contributed by atoms with van der Waals surface area (Å²) in [5.74, 6) is -2.21. The maximum atomic E-state index is 11.3. The zero-order valence-electron chi connectivity index (χ0n) is 8.67. The number of carbonyl (C=O) groups is 3. The van der Waals surface area contributed by atoms with E-state index in [1.165, 1.54) is 4.31 Å². The average Bonchev–Trinajstić information content (AvgIpc) is 2.30. The summed E-state index contributed by atoms with van der Waals surface area (Å²) < 4.78 is 5.70. The van der Waals surface area contributed by atoms with Crippen molar-refractivity contribution in [2.45, 2.75) is 12.1 Å². The van der Waals surface area contributed by atoms with E-state index in [1.54, 1.807) is 0 Å². The van der Waals surface area contributed by atoms with E-state index in [-0.39, 0.29) is 23.6 Å². The molecule has 7 nitrogen and oxygen atoms in total. The summed E-state index contributed by atoms with van der Waals surface area (Å²) >= 11 is 6.51. The molecule has 9 heteroatoms. The Balaban J connectivity index is 2.29. The summed E-state index contributed by atoms with van der Waals surface area (Å²) in [5.41, 5.74) is 5.49. The number of ether oxygens (including phenoxy) is 1. The fraction of sp³-hybridized carbons (Fsp3) is 0.625. The Morgan fingerprint density at radius 1 is 1.59 bits per heavy atom. The van der Waals surface area contributed by atoms with Crippen molar-refractivity contribution in [2.75, 3.05) is 18.2 Å². The third kappa shape index (κ3) is 3.48. The minimum atomic E-state index is -1.23. The predicted octanol–water partition coefficient (Wildman–Crippen LogP) is -0.961. The average molecular weight is 283 g/mol. The second-order valence-electron chi connectivity index (χ2n) is 3.24. The first-order valence-electron chi connectivity index (χ1n) is 4.62. The van der Waals surface area contributed by atoms with E-state index < -0.39 is 24.6 Å². The van der Waals surface area contributed by atoms with Gasteiger partial charge in [-0.1, -0.05) is 0 Å². The predicted molar refractivity (Wildman–Crippen MR) is 60.4 cm³/mol. The van der Waals surface area contributed by atoms with Gasteiger partial charge in [0.2, 0.25) is 0 Å². The number of esters is 1. The van der Waals surface area contributed by atoms with Gasteiger partial charge >= 0.3 is 11.9 Å². The molecule has 0 spiro atoms. The second-order valence-corrected chi connectivity index (χ2v) is 4.49. The number of hydrogen-bond donors (Lipinski definition) is 2. The van der Waals surface area contributed by atoms with Crippen LogP contribution in [0, 0.1) is 0 Å². The Kier molecular flexibility index (Phi) is 5.03. The van der Waals surface area contributed by atoms with E-state index in [9.17, 15) is 14.4 Å². The summed E-state index contributed by atoms with van der Waals surface area (Å²) in [6.07, 6.45) is 0. The number of carboxylic acid groups (broad SMARTS) is 1. The van der Waals surface area contributed by atoms with E-state index in [0.717, 1.165) is 11.9 Å². The van der Waals surface area contributed by atoms with Gasteiger partial charge in [-0.05, 0) is 11.9 Å². The van der Waals surface area contributed by atoms with Crippen molar-refractivity contribution in [1.29, 1.82) is 0 Å². The van der Waals surface area contributed by atoms with Crippen LogP contribution in [0.1, 0.15) is 0 Å². The number of carbonyl (C=O) groups excluding carboxylic acids is 2. The Hall–Kier alpha value is -0.990. The molecule has 1 heterocycles. The second kappa shape index (κ2) is 6.08. The van der Waals surface area contributed by atoms with Crippen LogP contribution in [0.4, 0.5) is 0 Å². The zero-order valence-corrected chi connectivity index (χ0v) is 10.2. The van der Waals surface area contributed by atoms with E-state index in [0.29, 0.717) is 0 Å². The van der Waals surface area contributed by atoms with Crippen molar-refractivity contribution in [2.24, 2.45) is 5.73 Å². The molecule has 0 aromatic rings. The van der Waals surface area contributed by atoms with E-state index in [4.69, 9.17) is 22.4 Å². The van der Waals surface area contributed by atoms with Gasteiger partial charge in [-0.3, -0.25) is 13.9 Å². The molecule has 1 fully saturated rings. The van der Waals surface area contributed by atoms with Crippen LogP contribution in [0.25, 0.3) is 0 Å². The lowest BCUT2D eigenvalue weighted by molar-refractivity contribution is -0.153. The standard InChI is InChI=1S/C8H11ClN2O5S/c9-1-4-7(10)8(15)11(4)17-3-6(14)16-2-5(12)13/h4,7H,1-3,10H2,(H,12,13). The molecule has 0 aliphatic carbocycles. The lowest BCUT2D eigenvalue weighted by Gasteiger charge is -2.42. The van der Waals surface area contributed by atoms with Gasteiger partial charge in [0.1, 0.15) is 11.8 Å². The first-order chi connectivity index (χ1) is 7.97.